The normalized spacial score (nSPS) is 9.41. The van der Waals surface area contributed by atoms with Gasteiger partial charge in [0.1, 0.15) is 6.54 Å². The van der Waals surface area contributed by atoms with Crippen LogP contribution in [0.1, 0.15) is 10.7 Å². The van der Waals surface area contributed by atoms with E-state index in [1.807, 2.05) is 12.3 Å². The minimum atomic E-state index is -0.790. The lowest BCUT2D eigenvalue weighted by Gasteiger charge is -2.02. The molecule has 0 aromatic carbocycles. The van der Waals surface area contributed by atoms with Gasteiger partial charge in [-0.1, -0.05) is 0 Å². The lowest BCUT2D eigenvalue weighted by atomic mass is 10.4. The van der Waals surface area contributed by atoms with E-state index in [-0.39, 0.29) is 6.54 Å². The van der Waals surface area contributed by atoms with Gasteiger partial charge >= 0.3 is 11.8 Å². The van der Waals surface area contributed by atoms with Crippen molar-refractivity contribution in [3.8, 4) is 6.07 Å². The van der Waals surface area contributed by atoms with E-state index in [1.54, 1.807) is 6.07 Å². The van der Waals surface area contributed by atoms with Gasteiger partial charge in [-0.3, -0.25) is 9.59 Å². The Balaban J connectivity index is 2.24. The number of rotatable bonds is 4. The molecule has 2 amide bonds. The first kappa shape index (κ1) is 13.1. The fourth-order valence-electron chi connectivity index (χ4n) is 1.08. The number of hydrogen-bond acceptors (Lipinski definition) is 5. The average molecular weight is 252 g/mol. The van der Waals surface area contributed by atoms with Crippen LogP contribution in [0.2, 0.25) is 0 Å². The van der Waals surface area contributed by atoms with Crippen LogP contribution >= 0.6 is 11.3 Å². The average Bonchev–Trinajstić information content (AvgIpc) is 2.71. The Hall–Kier alpha value is -1.94. The molecule has 0 aliphatic carbocycles. The molecule has 6 nitrogen and oxygen atoms in total. The first-order valence-corrected chi connectivity index (χ1v) is 5.85. The van der Waals surface area contributed by atoms with E-state index >= 15 is 0 Å². The maximum absolute atomic E-state index is 11.2. The van der Waals surface area contributed by atoms with Gasteiger partial charge in [0.05, 0.1) is 11.1 Å². The second kappa shape index (κ2) is 6.60. The number of nitrogens with zero attached hydrogens (tertiary/aromatic N) is 2. The minimum Gasteiger partial charge on any atom is -0.347 e. The van der Waals surface area contributed by atoms with Crippen molar-refractivity contribution in [1.29, 1.82) is 5.26 Å². The lowest BCUT2D eigenvalue weighted by molar-refractivity contribution is -0.139. The van der Waals surface area contributed by atoms with Gasteiger partial charge in [-0.25, -0.2) is 4.98 Å². The molecule has 1 rings (SSSR count). The number of carbonyl (C=O) groups excluding carboxylic acids is 2. The van der Waals surface area contributed by atoms with Crippen LogP contribution in [0.15, 0.2) is 5.38 Å². The van der Waals surface area contributed by atoms with Crippen LogP contribution in [0.25, 0.3) is 0 Å². The van der Waals surface area contributed by atoms with E-state index in [4.69, 9.17) is 5.26 Å². The molecule has 0 unspecified atom stereocenters. The molecule has 90 valence electrons. The molecule has 0 saturated carbocycles. The molecule has 2 N–H and O–H groups in total. The van der Waals surface area contributed by atoms with Crippen molar-refractivity contribution in [2.75, 3.05) is 13.1 Å². The molecule has 0 bridgehead atoms. The van der Waals surface area contributed by atoms with E-state index in [0.717, 1.165) is 10.7 Å². The fraction of sp³-hybridized carbons (Fsp3) is 0.400. The van der Waals surface area contributed by atoms with Crippen LogP contribution in [0, 0.1) is 18.3 Å². The van der Waals surface area contributed by atoms with Crippen molar-refractivity contribution >= 4 is 23.2 Å². The Kier molecular flexibility index (Phi) is 5.10. The van der Waals surface area contributed by atoms with Gasteiger partial charge in [0.15, 0.2) is 0 Å². The summed E-state index contributed by atoms with van der Waals surface area (Å²) in [6.45, 7) is 2.08. The highest BCUT2D eigenvalue weighted by Gasteiger charge is 2.11. The molecule has 0 radical (unpaired) electrons. The molecular weight excluding hydrogens is 240 g/mol. The molecule has 17 heavy (non-hydrogen) atoms. The van der Waals surface area contributed by atoms with Crippen LogP contribution in [-0.4, -0.2) is 29.9 Å². The third kappa shape index (κ3) is 4.61. The second-order valence-corrected chi connectivity index (χ2v) is 4.17. The molecule has 0 aliphatic heterocycles. The number of aromatic nitrogens is 1. The highest BCUT2D eigenvalue weighted by atomic mass is 32.1. The maximum atomic E-state index is 11.2. The zero-order chi connectivity index (χ0) is 12.7. The van der Waals surface area contributed by atoms with E-state index in [2.05, 4.69) is 15.6 Å². The van der Waals surface area contributed by atoms with Gasteiger partial charge < -0.3 is 10.6 Å². The molecule has 0 saturated heterocycles. The lowest BCUT2D eigenvalue weighted by Crippen LogP contribution is -2.40. The van der Waals surface area contributed by atoms with E-state index < -0.39 is 11.8 Å². The molecule has 1 aromatic heterocycles. The number of amides is 2. The predicted octanol–water partition coefficient (Wildman–Crippen LogP) is -0.250. The first-order valence-electron chi connectivity index (χ1n) is 4.97. The third-order valence-corrected chi connectivity index (χ3v) is 2.85. The van der Waals surface area contributed by atoms with Crippen molar-refractivity contribution in [2.45, 2.75) is 13.3 Å². The summed E-state index contributed by atoms with van der Waals surface area (Å²) in [6.07, 6.45) is 0.593. The SMILES string of the molecule is Cc1csc(CCNC(=O)C(=O)NCC#N)n1. The molecule has 0 atom stereocenters. The summed E-state index contributed by atoms with van der Waals surface area (Å²) in [7, 11) is 0. The van der Waals surface area contributed by atoms with Crippen LogP contribution in [0.4, 0.5) is 0 Å². The van der Waals surface area contributed by atoms with Crippen LogP contribution in [0.3, 0.4) is 0 Å². The summed E-state index contributed by atoms with van der Waals surface area (Å²) in [5.41, 5.74) is 0.947. The topological polar surface area (TPSA) is 94.9 Å². The van der Waals surface area contributed by atoms with Gasteiger partial charge in [-0.15, -0.1) is 11.3 Å². The quantitative estimate of drug-likeness (QED) is 0.570. The van der Waals surface area contributed by atoms with Crippen molar-refractivity contribution in [1.82, 2.24) is 15.6 Å². The Morgan fingerprint density at radius 1 is 1.47 bits per heavy atom. The summed E-state index contributed by atoms with van der Waals surface area (Å²) in [6, 6.07) is 1.72. The molecule has 1 aromatic rings. The fourth-order valence-corrected chi connectivity index (χ4v) is 1.86. The number of nitrogens with one attached hydrogen (secondary N) is 2. The van der Waals surface area contributed by atoms with Gasteiger partial charge in [-0.2, -0.15) is 5.26 Å². The highest BCUT2D eigenvalue weighted by Crippen LogP contribution is 2.08. The van der Waals surface area contributed by atoms with Crippen molar-refractivity contribution in [2.24, 2.45) is 0 Å². The first-order chi connectivity index (χ1) is 8.13. The maximum Gasteiger partial charge on any atom is 0.310 e. The number of thiazole rings is 1. The number of nitriles is 1. The summed E-state index contributed by atoms with van der Waals surface area (Å²) >= 11 is 1.52. The zero-order valence-electron chi connectivity index (χ0n) is 9.32. The monoisotopic (exact) mass is 252 g/mol. The van der Waals surface area contributed by atoms with Crippen molar-refractivity contribution in [3.63, 3.8) is 0 Å². The smallest absolute Gasteiger partial charge is 0.310 e. The number of aryl methyl sites for hydroxylation is 1. The molecule has 1 heterocycles. The van der Waals surface area contributed by atoms with Crippen molar-refractivity contribution in [3.05, 3.63) is 16.1 Å². The minimum absolute atomic E-state index is 0.169. The standard InChI is InChI=1S/C10H12N4O2S/c1-7-6-17-8(14-7)2-4-12-9(15)10(16)13-5-3-11/h6H,2,4-5H2,1H3,(H,12,15)(H,13,16). The summed E-state index contributed by atoms with van der Waals surface area (Å²) in [5.74, 6) is -1.52. The van der Waals surface area contributed by atoms with Crippen LogP contribution in [-0.2, 0) is 16.0 Å². The van der Waals surface area contributed by atoms with Gasteiger partial charge in [-0.05, 0) is 6.92 Å². The van der Waals surface area contributed by atoms with Gasteiger partial charge in [0.25, 0.3) is 0 Å². The number of hydrogen-bond donors (Lipinski definition) is 2. The Bertz CT molecular complexity index is 449. The van der Waals surface area contributed by atoms with E-state index in [9.17, 15) is 9.59 Å². The summed E-state index contributed by atoms with van der Waals surface area (Å²) < 4.78 is 0. The second-order valence-electron chi connectivity index (χ2n) is 3.23. The van der Waals surface area contributed by atoms with Crippen LogP contribution < -0.4 is 10.6 Å². The largest absolute Gasteiger partial charge is 0.347 e. The highest BCUT2D eigenvalue weighted by molar-refractivity contribution is 7.09. The zero-order valence-corrected chi connectivity index (χ0v) is 10.1. The van der Waals surface area contributed by atoms with E-state index in [0.29, 0.717) is 13.0 Å². The Morgan fingerprint density at radius 2 is 2.18 bits per heavy atom. The Morgan fingerprint density at radius 3 is 2.76 bits per heavy atom. The molecule has 0 spiro atoms. The molecule has 7 heteroatoms. The summed E-state index contributed by atoms with van der Waals surface area (Å²) in [5, 5.41) is 15.7. The van der Waals surface area contributed by atoms with Crippen LogP contribution in [0.5, 0.6) is 0 Å². The van der Waals surface area contributed by atoms with Crippen molar-refractivity contribution < 1.29 is 9.59 Å². The molecule has 0 aliphatic rings. The van der Waals surface area contributed by atoms with Gasteiger partial charge in [0, 0.05) is 24.0 Å². The predicted molar refractivity (Wildman–Crippen MR) is 62.2 cm³/mol. The van der Waals surface area contributed by atoms with E-state index in [1.165, 1.54) is 11.3 Å². The number of carbonyl (C=O) groups is 2. The third-order valence-electron chi connectivity index (χ3n) is 1.83. The molecule has 0 fully saturated rings. The molecular formula is C10H12N4O2S. The summed E-state index contributed by atoms with van der Waals surface area (Å²) in [4.78, 5) is 26.5. The van der Waals surface area contributed by atoms with Gasteiger partial charge in [0.2, 0.25) is 0 Å². The Labute approximate surface area is 103 Å².